The van der Waals surface area contributed by atoms with Crippen molar-refractivity contribution in [2.45, 2.75) is 122 Å². The number of aliphatic hydroxyl groups excluding tert-OH is 1. The van der Waals surface area contributed by atoms with Gasteiger partial charge in [0.2, 0.25) is 0 Å². The summed E-state index contributed by atoms with van der Waals surface area (Å²) in [4.78, 5) is 15.9. The van der Waals surface area contributed by atoms with Gasteiger partial charge in [0.25, 0.3) is 0 Å². The zero-order valence-electron chi connectivity index (χ0n) is 19.7. The van der Waals surface area contributed by atoms with Gasteiger partial charge in [0.1, 0.15) is 6.10 Å². The average molecular weight is 430 g/mol. The van der Waals surface area contributed by atoms with Crippen LogP contribution in [0.2, 0.25) is 0 Å². The number of nitrogens with zero attached hydrogens (tertiary/aromatic N) is 1. The van der Waals surface area contributed by atoms with Gasteiger partial charge in [-0.25, -0.2) is 0 Å². The van der Waals surface area contributed by atoms with Crippen LogP contribution in [0.15, 0.2) is 11.6 Å². The van der Waals surface area contributed by atoms with Gasteiger partial charge in [-0.15, -0.1) is 0 Å². The minimum Gasteiger partial charge on any atom is -0.461 e. The third-order valence-electron chi connectivity index (χ3n) is 10.1. The van der Waals surface area contributed by atoms with Crippen molar-refractivity contribution in [1.29, 1.82) is 0 Å². The average Bonchev–Trinajstić information content (AvgIpc) is 3.10. The number of allylic oxidation sites excluding steroid dienone is 1. The molecule has 174 valence electrons. The van der Waals surface area contributed by atoms with Crippen LogP contribution in [0.3, 0.4) is 0 Å². The third kappa shape index (κ3) is 3.80. The van der Waals surface area contributed by atoms with E-state index in [9.17, 15) is 9.90 Å². The highest BCUT2D eigenvalue weighted by atomic mass is 16.6. The molecule has 3 saturated carbocycles. The number of fused-ring (bicyclic) bond motifs is 2. The van der Waals surface area contributed by atoms with Gasteiger partial charge in [0, 0.05) is 36.4 Å². The Morgan fingerprint density at radius 3 is 2.26 bits per heavy atom. The zero-order chi connectivity index (χ0) is 21.6. The fourth-order valence-corrected chi connectivity index (χ4v) is 7.92. The quantitative estimate of drug-likeness (QED) is 0.490. The molecule has 4 heteroatoms. The van der Waals surface area contributed by atoms with Gasteiger partial charge in [-0.2, -0.15) is 0 Å². The molecule has 1 saturated heterocycles. The zero-order valence-corrected chi connectivity index (χ0v) is 19.7. The van der Waals surface area contributed by atoms with Crippen LogP contribution in [0, 0.1) is 23.2 Å². The van der Waals surface area contributed by atoms with E-state index in [1.807, 2.05) is 0 Å². The molecule has 1 N–H and O–H groups in total. The molecule has 0 aromatic rings. The molecular formula is C27H43NO3. The predicted octanol–water partition coefficient (Wildman–Crippen LogP) is 5.24. The topological polar surface area (TPSA) is 49.8 Å². The van der Waals surface area contributed by atoms with E-state index in [2.05, 4.69) is 24.8 Å². The van der Waals surface area contributed by atoms with E-state index in [4.69, 9.17) is 4.74 Å². The van der Waals surface area contributed by atoms with Gasteiger partial charge in [0.15, 0.2) is 0 Å². The fraction of sp³-hybridized carbons (Fsp3) is 0.889. The van der Waals surface area contributed by atoms with Gasteiger partial charge >= 0.3 is 5.97 Å². The number of hydrogen-bond acceptors (Lipinski definition) is 4. The highest BCUT2D eigenvalue weighted by molar-refractivity contribution is 5.76. The molecule has 0 spiro atoms. The summed E-state index contributed by atoms with van der Waals surface area (Å²) in [6.07, 6.45) is 17.9. The summed E-state index contributed by atoms with van der Waals surface area (Å²) in [5.41, 5.74) is 1.14. The Kier molecular flexibility index (Phi) is 6.24. The molecule has 6 unspecified atom stereocenters. The molecule has 0 bridgehead atoms. The summed E-state index contributed by atoms with van der Waals surface area (Å²) in [5, 5.41) is 11.7. The Morgan fingerprint density at radius 2 is 1.65 bits per heavy atom. The van der Waals surface area contributed by atoms with Crippen LogP contribution in [0.4, 0.5) is 0 Å². The van der Waals surface area contributed by atoms with Crippen LogP contribution in [-0.2, 0) is 9.53 Å². The summed E-state index contributed by atoms with van der Waals surface area (Å²) in [7, 11) is 0. The van der Waals surface area contributed by atoms with Crippen molar-refractivity contribution in [3.05, 3.63) is 11.6 Å². The van der Waals surface area contributed by atoms with Crippen LogP contribution in [-0.4, -0.2) is 46.8 Å². The van der Waals surface area contributed by atoms with E-state index in [1.54, 1.807) is 0 Å². The molecule has 1 aliphatic heterocycles. The van der Waals surface area contributed by atoms with E-state index in [0.29, 0.717) is 18.0 Å². The van der Waals surface area contributed by atoms with E-state index in [1.165, 1.54) is 69.8 Å². The first-order chi connectivity index (χ1) is 15.0. The van der Waals surface area contributed by atoms with Crippen molar-refractivity contribution >= 4 is 5.97 Å². The highest BCUT2D eigenvalue weighted by Gasteiger charge is 2.60. The second kappa shape index (κ2) is 8.82. The number of rotatable bonds is 4. The lowest BCUT2D eigenvalue weighted by molar-refractivity contribution is -0.145. The number of carbonyl (C=O) groups excluding carboxylic acids is 1. The first-order valence-electron chi connectivity index (χ1n) is 13.3. The molecule has 4 aliphatic carbocycles. The smallest absolute Gasteiger partial charge is 0.311 e. The molecule has 4 nitrogen and oxygen atoms in total. The van der Waals surface area contributed by atoms with Crippen molar-refractivity contribution in [3.63, 3.8) is 0 Å². The number of esters is 1. The second-order valence-corrected chi connectivity index (χ2v) is 11.6. The summed E-state index contributed by atoms with van der Waals surface area (Å²) in [5.74, 6) is 0.190. The SMILES string of the molecule is CC1CCC=C2CC3OC(=O)C(CN(C4CCCCC4)C4CCCCC4)C3C(O)C21C. The fourth-order valence-electron chi connectivity index (χ4n) is 7.92. The van der Waals surface area contributed by atoms with Crippen LogP contribution in [0.25, 0.3) is 0 Å². The predicted molar refractivity (Wildman–Crippen MR) is 123 cm³/mol. The lowest BCUT2D eigenvalue weighted by Gasteiger charge is -2.52. The third-order valence-corrected chi connectivity index (χ3v) is 10.1. The Morgan fingerprint density at radius 1 is 1.03 bits per heavy atom. The summed E-state index contributed by atoms with van der Waals surface area (Å²) < 4.78 is 5.99. The number of carbonyl (C=O) groups is 1. The van der Waals surface area contributed by atoms with Gasteiger partial charge in [-0.05, 0) is 44.4 Å². The number of ether oxygens (including phenoxy) is 1. The Balaban J connectivity index is 1.41. The number of aliphatic hydroxyl groups is 1. The molecular weight excluding hydrogens is 386 g/mol. The largest absolute Gasteiger partial charge is 0.461 e. The van der Waals surface area contributed by atoms with E-state index >= 15 is 0 Å². The lowest BCUT2D eigenvalue weighted by Crippen LogP contribution is -2.56. The van der Waals surface area contributed by atoms with Crippen molar-refractivity contribution in [2.75, 3.05) is 6.54 Å². The Hall–Kier alpha value is -0.870. The van der Waals surface area contributed by atoms with E-state index < -0.39 is 6.10 Å². The van der Waals surface area contributed by atoms with Gasteiger partial charge in [-0.3, -0.25) is 9.69 Å². The van der Waals surface area contributed by atoms with Crippen LogP contribution in [0.1, 0.15) is 97.3 Å². The molecule has 0 radical (unpaired) electrons. The maximum absolute atomic E-state index is 13.2. The normalized spacial score (nSPS) is 42.1. The molecule has 5 rings (SSSR count). The van der Waals surface area contributed by atoms with Crippen LogP contribution >= 0.6 is 0 Å². The van der Waals surface area contributed by atoms with Crippen molar-refractivity contribution in [1.82, 2.24) is 4.90 Å². The summed E-state index contributed by atoms with van der Waals surface area (Å²) in [6.45, 7) is 5.35. The molecule has 0 amide bonds. The number of hydrogen-bond donors (Lipinski definition) is 1. The lowest BCUT2D eigenvalue weighted by atomic mass is 9.55. The summed E-state index contributed by atoms with van der Waals surface area (Å²) in [6, 6.07) is 1.23. The molecule has 0 aromatic carbocycles. The van der Waals surface area contributed by atoms with Gasteiger partial charge < -0.3 is 9.84 Å². The monoisotopic (exact) mass is 429 g/mol. The molecule has 31 heavy (non-hydrogen) atoms. The first kappa shape index (κ1) is 21.9. The maximum Gasteiger partial charge on any atom is 0.311 e. The van der Waals surface area contributed by atoms with Gasteiger partial charge in [0.05, 0.1) is 12.0 Å². The maximum atomic E-state index is 13.2. The molecule has 0 aromatic heterocycles. The summed E-state index contributed by atoms with van der Waals surface area (Å²) >= 11 is 0. The molecule has 1 heterocycles. The minimum atomic E-state index is -0.483. The standard InChI is InChI=1S/C27H43NO3/c1-18-10-9-11-19-16-23-24(25(29)27(18,19)2)22(26(30)31-23)17-28(20-12-5-3-6-13-20)21-14-7-4-8-15-21/h11,18,20-25,29H,3-10,12-17H2,1-2H3. The molecule has 4 fully saturated rings. The van der Waals surface area contributed by atoms with Crippen molar-refractivity contribution in [2.24, 2.45) is 23.2 Å². The van der Waals surface area contributed by atoms with Crippen molar-refractivity contribution < 1.29 is 14.6 Å². The van der Waals surface area contributed by atoms with Crippen molar-refractivity contribution in [3.8, 4) is 0 Å². The highest BCUT2D eigenvalue weighted by Crippen LogP contribution is 2.56. The second-order valence-electron chi connectivity index (χ2n) is 11.6. The Labute approximate surface area is 188 Å². The molecule has 5 aliphatic rings. The van der Waals surface area contributed by atoms with Crippen LogP contribution < -0.4 is 0 Å². The van der Waals surface area contributed by atoms with Crippen LogP contribution in [0.5, 0.6) is 0 Å². The minimum absolute atomic E-state index is 0.0406. The van der Waals surface area contributed by atoms with E-state index in [0.717, 1.165) is 25.8 Å². The first-order valence-corrected chi connectivity index (χ1v) is 13.3. The Bertz CT molecular complexity index is 675. The van der Waals surface area contributed by atoms with Gasteiger partial charge in [-0.1, -0.05) is 64.0 Å². The van der Waals surface area contributed by atoms with E-state index in [-0.39, 0.29) is 29.3 Å². The molecule has 6 atom stereocenters.